The molecule has 1 aromatic rings. The largest absolute Gasteiger partial charge is 0.360 e. The van der Waals surface area contributed by atoms with Gasteiger partial charge in [-0.2, -0.15) is 0 Å². The smallest absolute Gasteiger partial charge is 0.246 e. The fraction of sp³-hybridized carbons (Fsp3) is 0.750. The zero-order valence-electron chi connectivity index (χ0n) is 11.3. The second-order valence-corrected chi connectivity index (χ2v) is 6.81. The molecule has 0 aromatic carbocycles. The van der Waals surface area contributed by atoms with Crippen LogP contribution >= 0.6 is 0 Å². The van der Waals surface area contributed by atoms with Crippen LogP contribution in [0.15, 0.2) is 9.42 Å². The van der Waals surface area contributed by atoms with Crippen LogP contribution in [0.25, 0.3) is 0 Å². The van der Waals surface area contributed by atoms with E-state index < -0.39 is 10.0 Å². The lowest BCUT2D eigenvalue weighted by Gasteiger charge is -2.30. The molecule has 6 nitrogen and oxygen atoms in total. The highest BCUT2D eigenvalue weighted by molar-refractivity contribution is 7.89. The third kappa shape index (κ3) is 2.98. The maximum absolute atomic E-state index is 12.4. The van der Waals surface area contributed by atoms with Crippen LogP contribution in [-0.2, 0) is 10.0 Å². The van der Waals surface area contributed by atoms with Gasteiger partial charge in [0, 0.05) is 6.04 Å². The van der Waals surface area contributed by atoms with Crippen LogP contribution in [0.2, 0.25) is 0 Å². The summed E-state index contributed by atoms with van der Waals surface area (Å²) >= 11 is 0. The van der Waals surface area contributed by atoms with Crippen molar-refractivity contribution in [3.63, 3.8) is 0 Å². The Kier molecular flexibility index (Phi) is 4.27. The fourth-order valence-corrected chi connectivity index (χ4v) is 4.43. The van der Waals surface area contributed by atoms with E-state index in [9.17, 15) is 8.42 Å². The number of rotatable bonds is 4. The minimum absolute atomic E-state index is 0.0857. The Balaban J connectivity index is 2.21. The first-order valence-electron chi connectivity index (χ1n) is 6.61. The number of sulfonamides is 1. The number of hydrogen-bond donors (Lipinski definition) is 2. The predicted octanol–water partition coefficient (Wildman–Crippen LogP) is 1.09. The molecule has 1 aromatic heterocycles. The van der Waals surface area contributed by atoms with Gasteiger partial charge in [0.1, 0.15) is 10.6 Å². The van der Waals surface area contributed by atoms with E-state index in [1.807, 2.05) is 0 Å². The summed E-state index contributed by atoms with van der Waals surface area (Å²) in [5.74, 6) is 0.536. The Morgan fingerprint density at radius 1 is 1.37 bits per heavy atom. The second kappa shape index (κ2) is 5.60. The van der Waals surface area contributed by atoms with E-state index in [1.165, 1.54) is 0 Å². The van der Waals surface area contributed by atoms with Crippen LogP contribution in [0, 0.1) is 19.8 Å². The average molecular weight is 287 g/mol. The van der Waals surface area contributed by atoms with Gasteiger partial charge in [-0.25, -0.2) is 13.1 Å². The van der Waals surface area contributed by atoms with Crippen LogP contribution in [-0.4, -0.2) is 26.2 Å². The van der Waals surface area contributed by atoms with Crippen LogP contribution in [0.3, 0.4) is 0 Å². The molecular weight excluding hydrogens is 266 g/mol. The third-order valence-corrected chi connectivity index (χ3v) is 5.49. The molecule has 1 fully saturated rings. The van der Waals surface area contributed by atoms with Gasteiger partial charge >= 0.3 is 0 Å². The molecule has 3 N–H and O–H groups in total. The number of hydrogen-bond acceptors (Lipinski definition) is 5. The molecule has 1 aliphatic rings. The van der Waals surface area contributed by atoms with Gasteiger partial charge in [-0.1, -0.05) is 18.0 Å². The van der Waals surface area contributed by atoms with E-state index in [0.29, 0.717) is 18.0 Å². The van der Waals surface area contributed by atoms with Crippen molar-refractivity contribution < 1.29 is 12.9 Å². The van der Waals surface area contributed by atoms with Crippen LogP contribution in [0.1, 0.15) is 37.1 Å². The maximum atomic E-state index is 12.4. The molecule has 0 amide bonds. The fourth-order valence-electron chi connectivity index (χ4n) is 2.76. The molecule has 0 bridgehead atoms. The standard InChI is InChI=1S/C12H21N3O3S/c1-8-12(9(2)18-14-8)19(16,17)15-11-6-4-3-5-10(11)7-13/h10-11,15H,3-7,13H2,1-2H3. The number of aromatic nitrogens is 1. The summed E-state index contributed by atoms with van der Waals surface area (Å²) in [6.07, 6.45) is 3.96. The highest BCUT2D eigenvalue weighted by Crippen LogP contribution is 2.26. The molecule has 1 saturated carbocycles. The van der Waals surface area contributed by atoms with Crippen molar-refractivity contribution in [3.05, 3.63) is 11.5 Å². The molecule has 7 heteroatoms. The first-order valence-corrected chi connectivity index (χ1v) is 8.09. The number of nitrogens with one attached hydrogen (secondary N) is 1. The lowest BCUT2D eigenvalue weighted by atomic mass is 9.85. The Labute approximate surface area is 113 Å². The molecule has 2 unspecified atom stereocenters. The van der Waals surface area contributed by atoms with Crippen molar-refractivity contribution in [2.24, 2.45) is 11.7 Å². The third-order valence-electron chi connectivity index (χ3n) is 3.75. The van der Waals surface area contributed by atoms with Crippen molar-refractivity contribution in [2.75, 3.05) is 6.54 Å². The van der Waals surface area contributed by atoms with Gasteiger partial charge < -0.3 is 10.3 Å². The highest BCUT2D eigenvalue weighted by atomic mass is 32.2. The molecule has 0 saturated heterocycles. The Morgan fingerprint density at radius 3 is 2.63 bits per heavy atom. The molecule has 2 atom stereocenters. The SMILES string of the molecule is Cc1noc(C)c1S(=O)(=O)NC1CCCCC1CN. The predicted molar refractivity (Wildman–Crippen MR) is 71.1 cm³/mol. The lowest BCUT2D eigenvalue weighted by Crippen LogP contribution is -2.44. The summed E-state index contributed by atoms with van der Waals surface area (Å²) in [5.41, 5.74) is 6.12. The number of nitrogens with two attached hydrogens (primary N) is 1. The van der Waals surface area contributed by atoms with Gasteiger partial charge in [-0.3, -0.25) is 0 Å². The van der Waals surface area contributed by atoms with Gasteiger partial charge in [-0.05, 0) is 39.2 Å². The lowest BCUT2D eigenvalue weighted by molar-refractivity contribution is 0.296. The zero-order chi connectivity index (χ0) is 14.0. The summed E-state index contributed by atoms with van der Waals surface area (Å²) in [6.45, 7) is 3.75. The molecule has 1 heterocycles. The highest BCUT2D eigenvalue weighted by Gasteiger charge is 2.31. The van der Waals surface area contributed by atoms with E-state index in [4.69, 9.17) is 10.3 Å². The van der Waals surface area contributed by atoms with Crippen LogP contribution in [0.5, 0.6) is 0 Å². The molecular formula is C12H21N3O3S. The maximum Gasteiger partial charge on any atom is 0.246 e. The van der Waals surface area contributed by atoms with Crippen molar-refractivity contribution in [1.29, 1.82) is 0 Å². The van der Waals surface area contributed by atoms with Crippen LogP contribution in [0.4, 0.5) is 0 Å². The van der Waals surface area contributed by atoms with E-state index in [2.05, 4.69) is 9.88 Å². The Hall–Kier alpha value is -0.920. The first kappa shape index (κ1) is 14.5. The molecule has 0 aliphatic heterocycles. The molecule has 1 aliphatic carbocycles. The summed E-state index contributed by atoms with van der Waals surface area (Å²) in [6, 6.07) is -0.0857. The van der Waals surface area contributed by atoms with Crippen molar-refractivity contribution in [2.45, 2.75) is 50.5 Å². The molecule has 19 heavy (non-hydrogen) atoms. The van der Waals surface area contributed by atoms with Gasteiger partial charge in [-0.15, -0.1) is 0 Å². The van der Waals surface area contributed by atoms with E-state index >= 15 is 0 Å². The number of aryl methyl sites for hydroxylation is 2. The molecule has 0 spiro atoms. The molecule has 108 valence electrons. The van der Waals surface area contributed by atoms with Gasteiger partial charge in [0.05, 0.1) is 0 Å². The van der Waals surface area contributed by atoms with Gasteiger partial charge in [0.15, 0.2) is 5.76 Å². The van der Waals surface area contributed by atoms with E-state index in [0.717, 1.165) is 25.7 Å². The van der Waals surface area contributed by atoms with E-state index in [-0.39, 0.29) is 16.9 Å². The monoisotopic (exact) mass is 287 g/mol. The molecule has 0 radical (unpaired) electrons. The minimum atomic E-state index is -3.58. The summed E-state index contributed by atoms with van der Waals surface area (Å²) < 4.78 is 32.5. The first-order chi connectivity index (χ1) is 8.95. The Morgan fingerprint density at radius 2 is 2.05 bits per heavy atom. The van der Waals surface area contributed by atoms with Gasteiger partial charge in [0.2, 0.25) is 10.0 Å². The second-order valence-electron chi connectivity index (χ2n) is 5.16. The molecule has 2 rings (SSSR count). The van der Waals surface area contributed by atoms with Crippen molar-refractivity contribution in [1.82, 2.24) is 9.88 Å². The Bertz CT molecular complexity index is 519. The van der Waals surface area contributed by atoms with E-state index in [1.54, 1.807) is 13.8 Å². The van der Waals surface area contributed by atoms with Gasteiger partial charge in [0.25, 0.3) is 0 Å². The minimum Gasteiger partial charge on any atom is -0.360 e. The zero-order valence-corrected chi connectivity index (χ0v) is 12.2. The van der Waals surface area contributed by atoms with Crippen molar-refractivity contribution >= 4 is 10.0 Å². The number of nitrogens with zero attached hydrogens (tertiary/aromatic N) is 1. The van der Waals surface area contributed by atoms with Crippen molar-refractivity contribution in [3.8, 4) is 0 Å². The normalized spacial score (nSPS) is 24.6. The average Bonchev–Trinajstić information content (AvgIpc) is 2.70. The summed E-state index contributed by atoms with van der Waals surface area (Å²) in [4.78, 5) is 0.161. The quantitative estimate of drug-likeness (QED) is 0.863. The summed E-state index contributed by atoms with van der Waals surface area (Å²) in [5, 5.41) is 3.70. The van der Waals surface area contributed by atoms with Crippen LogP contribution < -0.4 is 10.5 Å². The topological polar surface area (TPSA) is 98.2 Å². The summed E-state index contributed by atoms with van der Waals surface area (Å²) in [7, 11) is -3.58.